The van der Waals surface area contributed by atoms with E-state index in [1.54, 1.807) is 6.20 Å². The number of carboxylic acids is 1. The summed E-state index contributed by atoms with van der Waals surface area (Å²) in [5.74, 6) is -1.26. The van der Waals surface area contributed by atoms with E-state index >= 15 is 0 Å². The van der Waals surface area contributed by atoms with Crippen LogP contribution in [0.4, 0.5) is 0 Å². The Balaban J connectivity index is 0.000000980. The van der Waals surface area contributed by atoms with E-state index in [-0.39, 0.29) is 40.8 Å². The van der Waals surface area contributed by atoms with Crippen LogP contribution in [0.1, 0.15) is 10.4 Å². The number of hydrogen-bond acceptors (Lipinski definition) is 4. The van der Waals surface area contributed by atoms with E-state index in [2.05, 4.69) is 26.0 Å². The van der Waals surface area contributed by atoms with Gasteiger partial charge in [-0.2, -0.15) is 5.10 Å². The average Bonchev–Trinajstić information content (AvgIpc) is 2.49. The number of fused-ring (bicyclic) bond motifs is 1. The van der Waals surface area contributed by atoms with Crippen molar-refractivity contribution in [2.45, 2.75) is 0 Å². The third-order valence-corrected chi connectivity index (χ3v) is 2.00. The largest absolute Gasteiger partial charge is 1.00 e. The second-order valence-corrected chi connectivity index (χ2v) is 3.30. The van der Waals surface area contributed by atoms with Crippen LogP contribution >= 0.6 is 15.9 Å². The standard InChI is InChI=1S/C7H4BrN3O2.Na/c8-4-1-5(7(12)13)6-9-3-10-11(6)2-4;/h1-3H,(H,12,13);/q;+1/p-1. The number of aromatic carboxylic acids is 1. The van der Waals surface area contributed by atoms with Crippen LogP contribution in [0.25, 0.3) is 5.65 Å². The molecule has 0 aliphatic rings. The molecule has 0 bridgehead atoms. The van der Waals surface area contributed by atoms with Crippen LogP contribution < -0.4 is 34.7 Å². The first kappa shape index (κ1) is 11.6. The number of carbonyl (C=O) groups excluding carboxylic acids is 1. The molecule has 2 rings (SSSR count). The second-order valence-electron chi connectivity index (χ2n) is 2.39. The van der Waals surface area contributed by atoms with Gasteiger partial charge in [-0.1, -0.05) is 0 Å². The maximum atomic E-state index is 10.7. The van der Waals surface area contributed by atoms with Crippen LogP contribution in [0.3, 0.4) is 0 Å². The smallest absolute Gasteiger partial charge is 0.545 e. The first-order valence-corrected chi connectivity index (χ1v) is 4.18. The minimum absolute atomic E-state index is 0. The molecule has 0 spiro atoms. The molecule has 0 aliphatic heterocycles. The van der Waals surface area contributed by atoms with E-state index in [4.69, 9.17) is 0 Å². The summed E-state index contributed by atoms with van der Waals surface area (Å²) >= 11 is 3.16. The summed E-state index contributed by atoms with van der Waals surface area (Å²) in [6, 6.07) is 1.43. The average molecular weight is 264 g/mol. The van der Waals surface area contributed by atoms with E-state index in [1.165, 1.54) is 16.9 Å². The van der Waals surface area contributed by atoms with Crippen molar-refractivity contribution in [1.82, 2.24) is 14.6 Å². The van der Waals surface area contributed by atoms with Gasteiger partial charge in [0.25, 0.3) is 0 Å². The normalized spacial score (nSPS) is 9.79. The summed E-state index contributed by atoms with van der Waals surface area (Å²) in [6.07, 6.45) is 2.91. The molecule has 0 unspecified atom stereocenters. The molecule has 2 heterocycles. The molecule has 0 amide bonds. The van der Waals surface area contributed by atoms with Crippen LogP contribution in [0.5, 0.6) is 0 Å². The number of pyridine rings is 1. The minimum Gasteiger partial charge on any atom is -0.545 e. The molecule has 0 aromatic carbocycles. The molecule has 2 aromatic rings. The first-order chi connectivity index (χ1) is 6.18. The summed E-state index contributed by atoms with van der Waals surface area (Å²) in [7, 11) is 0. The SMILES string of the molecule is O=C([O-])c1cc(Br)cn2ncnc12.[Na+]. The van der Waals surface area contributed by atoms with Crippen molar-refractivity contribution in [2.24, 2.45) is 0 Å². The van der Waals surface area contributed by atoms with Gasteiger partial charge in [0, 0.05) is 16.2 Å². The molecule has 2 aromatic heterocycles. The Morgan fingerprint density at radius 1 is 1.57 bits per heavy atom. The van der Waals surface area contributed by atoms with Gasteiger partial charge < -0.3 is 9.90 Å². The Labute approximate surface area is 110 Å². The molecular formula is C7H3BrN3NaO2. The molecule has 14 heavy (non-hydrogen) atoms. The van der Waals surface area contributed by atoms with Gasteiger partial charge in [0.05, 0.1) is 5.97 Å². The maximum Gasteiger partial charge on any atom is 1.00 e. The van der Waals surface area contributed by atoms with Gasteiger partial charge in [-0.25, -0.2) is 9.50 Å². The van der Waals surface area contributed by atoms with E-state index in [0.29, 0.717) is 4.47 Å². The Morgan fingerprint density at radius 2 is 2.29 bits per heavy atom. The zero-order valence-electron chi connectivity index (χ0n) is 7.27. The van der Waals surface area contributed by atoms with Gasteiger partial charge in [0.15, 0.2) is 5.65 Å². The fourth-order valence-corrected chi connectivity index (χ4v) is 1.47. The molecule has 0 atom stereocenters. The number of hydrogen-bond donors (Lipinski definition) is 0. The van der Waals surface area contributed by atoms with Gasteiger partial charge in [0.2, 0.25) is 0 Å². The molecule has 7 heteroatoms. The van der Waals surface area contributed by atoms with Crippen molar-refractivity contribution in [3.63, 3.8) is 0 Å². The predicted octanol–water partition coefficient (Wildman–Crippen LogP) is -3.14. The van der Waals surface area contributed by atoms with E-state index < -0.39 is 5.97 Å². The van der Waals surface area contributed by atoms with Gasteiger partial charge in [0.1, 0.15) is 6.33 Å². The molecule has 0 saturated carbocycles. The second kappa shape index (κ2) is 4.39. The van der Waals surface area contributed by atoms with Crippen molar-refractivity contribution < 1.29 is 39.5 Å². The molecule has 0 fully saturated rings. The third kappa shape index (κ3) is 1.98. The van der Waals surface area contributed by atoms with Crippen LogP contribution in [0.15, 0.2) is 23.1 Å². The summed E-state index contributed by atoms with van der Waals surface area (Å²) in [5.41, 5.74) is 0.301. The number of nitrogens with zero attached hydrogens (tertiary/aromatic N) is 3. The fourth-order valence-electron chi connectivity index (χ4n) is 1.04. The number of aromatic nitrogens is 3. The predicted molar refractivity (Wildman–Crippen MR) is 45.0 cm³/mol. The number of halogens is 1. The van der Waals surface area contributed by atoms with Crippen molar-refractivity contribution in [3.05, 3.63) is 28.6 Å². The van der Waals surface area contributed by atoms with Gasteiger partial charge in [-0.15, -0.1) is 0 Å². The van der Waals surface area contributed by atoms with Crippen molar-refractivity contribution in [2.75, 3.05) is 0 Å². The van der Waals surface area contributed by atoms with Gasteiger partial charge in [-0.05, 0) is 22.0 Å². The molecule has 5 nitrogen and oxygen atoms in total. The number of rotatable bonds is 1. The Kier molecular flexibility index (Phi) is 3.65. The molecule has 0 aliphatic carbocycles. The first-order valence-electron chi connectivity index (χ1n) is 3.39. The topological polar surface area (TPSA) is 70.3 Å². The molecule has 0 N–H and O–H groups in total. The molecule has 0 saturated heterocycles. The van der Waals surface area contributed by atoms with Crippen molar-refractivity contribution in [1.29, 1.82) is 0 Å². The minimum atomic E-state index is -1.26. The van der Waals surface area contributed by atoms with Crippen molar-refractivity contribution >= 4 is 27.5 Å². The van der Waals surface area contributed by atoms with Gasteiger partial charge in [-0.3, -0.25) is 0 Å². The van der Waals surface area contributed by atoms with E-state index in [0.717, 1.165) is 0 Å². The van der Waals surface area contributed by atoms with Crippen LogP contribution in [0.2, 0.25) is 0 Å². The summed E-state index contributed by atoms with van der Waals surface area (Å²) in [4.78, 5) is 14.4. The fraction of sp³-hybridized carbons (Fsp3) is 0. The quantitative estimate of drug-likeness (QED) is 0.510. The maximum absolute atomic E-state index is 10.7. The molecule has 0 radical (unpaired) electrons. The van der Waals surface area contributed by atoms with Crippen LogP contribution in [-0.4, -0.2) is 20.6 Å². The van der Waals surface area contributed by atoms with Crippen LogP contribution in [0, 0.1) is 0 Å². The van der Waals surface area contributed by atoms with E-state index in [1.807, 2.05) is 0 Å². The Hall–Kier alpha value is -0.430. The monoisotopic (exact) mass is 263 g/mol. The number of carboxylic acid groups (broad SMARTS) is 1. The number of carbonyl (C=O) groups is 1. The third-order valence-electron chi connectivity index (χ3n) is 1.56. The molecule has 66 valence electrons. The Bertz CT molecular complexity index is 485. The van der Waals surface area contributed by atoms with Gasteiger partial charge >= 0.3 is 29.6 Å². The zero-order valence-corrected chi connectivity index (χ0v) is 10.9. The Morgan fingerprint density at radius 3 is 2.93 bits per heavy atom. The molecular weight excluding hydrogens is 261 g/mol. The summed E-state index contributed by atoms with van der Waals surface area (Å²) < 4.78 is 1.99. The van der Waals surface area contributed by atoms with E-state index in [9.17, 15) is 9.90 Å². The van der Waals surface area contributed by atoms with Crippen molar-refractivity contribution in [3.8, 4) is 0 Å². The summed E-state index contributed by atoms with van der Waals surface area (Å²) in [6.45, 7) is 0. The van der Waals surface area contributed by atoms with Crippen LogP contribution in [-0.2, 0) is 0 Å². The summed E-state index contributed by atoms with van der Waals surface area (Å²) in [5, 5.41) is 14.5. The zero-order chi connectivity index (χ0) is 9.42.